The van der Waals surface area contributed by atoms with Crippen molar-refractivity contribution in [1.29, 1.82) is 0 Å². The topological polar surface area (TPSA) is 127 Å². The number of nitrogen functional groups attached to an aromatic ring is 1. The van der Waals surface area contributed by atoms with E-state index in [4.69, 9.17) is 11.5 Å². The molecule has 10 heteroatoms. The summed E-state index contributed by atoms with van der Waals surface area (Å²) in [7, 11) is 0. The number of carbonyl (C=O) groups is 1. The second kappa shape index (κ2) is 10.1. The van der Waals surface area contributed by atoms with Gasteiger partial charge in [0.1, 0.15) is 17.3 Å². The quantitative estimate of drug-likeness (QED) is 0.386. The number of nitrogens with zero attached hydrogens (tertiary/aromatic N) is 2. The van der Waals surface area contributed by atoms with Crippen LogP contribution in [-0.2, 0) is 5.60 Å². The number of hydrogen-bond donors (Lipinski definition) is 4. The van der Waals surface area contributed by atoms with Gasteiger partial charge >= 0.3 is 0 Å². The fraction of sp³-hybridized carbons (Fsp3) is 0.370. The highest BCUT2D eigenvalue weighted by atomic mass is 19.1. The molecule has 0 radical (unpaired) electrons. The van der Waals surface area contributed by atoms with E-state index in [0.717, 1.165) is 43.0 Å². The minimum atomic E-state index is -1.53. The molecule has 37 heavy (non-hydrogen) atoms. The molecule has 3 atom stereocenters. The summed E-state index contributed by atoms with van der Waals surface area (Å²) in [6, 6.07) is 4.44. The van der Waals surface area contributed by atoms with Crippen molar-refractivity contribution in [3.8, 4) is 11.3 Å². The number of amides is 1. The fourth-order valence-corrected chi connectivity index (χ4v) is 4.97. The van der Waals surface area contributed by atoms with Crippen LogP contribution in [0.2, 0.25) is 0 Å². The lowest BCUT2D eigenvalue weighted by Gasteiger charge is -2.32. The van der Waals surface area contributed by atoms with Gasteiger partial charge in [-0.25, -0.2) is 18.2 Å². The highest BCUT2D eigenvalue weighted by Crippen LogP contribution is 2.39. The third kappa shape index (κ3) is 5.60. The van der Waals surface area contributed by atoms with E-state index in [2.05, 4.69) is 22.2 Å². The van der Waals surface area contributed by atoms with Crippen molar-refractivity contribution in [3.63, 3.8) is 0 Å². The number of carbonyl (C=O) groups excluding carboxylic acids is 1. The number of nitrogens with two attached hydrogens (primary N) is 2. The Bertz CT molecular complexity index is 1310. The number of rotatable bonds is 5. The zero-order valence-corrected chi connectivity index (χ0v) is 20.9. The number of benzene rings is 1. The van der Waals surface area contributed by atoms with Gasteiger partial charge in [-0.1, -0.05) is 6.92 Å². The van der Waals surface area contributed by atoms with Crippen molar-refractivity contribution in [2.75, 3.05) is 11.1 Å². The van der Waals surface area contributed by atoms with Crippen molar-refractivity contribution in [3.05, 3.63) is 70.9 Å². The van der Waals surface area contributed by atoms with Crippen molar-refractivity contribution in [2.24, 2.45) is 11.7 Å². The molecule has 1 saturated carbocycles. The fourth-order valence-electron chi connectivity index (χ4n) is 4.97. The molecule has 0 aliphatic heterocycles. The Morgan fingerprint density at radius 3 is 2.41 bits per heavy atom. The number of anilines is 2. The predicted octanol–water partition coefficient (Wildman–Crippen LogP) is 4.85. The van der Waals surface area contributed by atoms with E-state index in [0.29, 0.717) is 11.6 Å². The Kier molecular flexibility index (Phi) is 7.25. The van der Waals surface area contributed by atoms with Crippen molar-refractivity contribution in [2.45, 2.75) is 57.6 Å². The molecule has 6 N–H and O–H groups in total. The first-order valence-electron chi connectivity index (χ1n) is 12.0. The lowest BCUT2D eigenvalue weighted by molar-refractivity contribution is 0.0778. The molecule has 1 fully saturated rings. The van der Waals surface area contributed by atoms with Gasteiger partial charge in [0.25, 0.3) is 5.91 Å². The molecule has 0 spiro atoms. The zero-order chi connectivity index (χ0) is 27.1. The minimum absolute atomic E-state index is 0.0371. The molecule has 2 heterocycles. The summed E-state index contributed by atoms with van der Waals surface area (Å²) in [6.45, 7) is 4.85. The molecule has 2 aromatic heterocycles. The molecule has 7 nitrogen and oxygen atoms in total. The number of halogens is 3. The highest BCUT2D eigenvalue weighted by Gasteiger charge is 2.29. The minimum Gasteiger partial charge on any atom is -0.397 e. The van der Waals surface area contributed by atoms with Crippen molar-refractivity contribution in [1.82, 2.24) is 9.97 Å². The van der Waals surface area contributed by atoms with Gasteiger partial charge in [0.2, 0.25) is 0 Å². The van der Waals surface area contributed by atoms with E-state index in [-0.39, 0.29) is 23.2 Å². The summed E-state index contributed by atoms with van der Waals surface area (Å²) in [5.74, 6) is -3.65. The van der Waals surface area contributed by atoms with E-state index in [1.54, 1.807) is 6.20 Å². The maximum Gasteiger partial charge on any atom is 0.276 e. The van der Waals surface area contributed by atoms with Crippen LogP contribution in [0.15, 0.2) is 36.7 Å². The smallest absolute Gasteiger partial charge is 0.276 e. The molecular weight excluding hydrogens is 483 g/mol. The molecule has 3 aromatic rings. The molecular formula is C27H30F3N5O2. The summed E-state index contributed by atoms with van der Waals surface area (Å²) in [5, 5.41) is 12.8. The first-order chi connectivity index (χ1) is 17.3. The van der Waals surface area contributed by atoms with Gasteiger partial charge in [0.15, 0.2) is 11.5 Å². The number of aromatic nitrogens is 2. The summed E-state index contributed by atoms with van der Waals surface area (Å²) in [6.07, 6.45) is 5.68. The first kappa shape index (κ1) is 26.6. The molecule has 1 aliphatic rings. The number of aliphatic hydroxyl groups is 1. The van der Waals surface area contributed by atoms with Crippen LogP contribution in [-0.4, -0.2) is 27.0 Å². The van der Waals surface area contributed by atoms with Crippen LogP contribution in [0, 0.1) is 23.4 Å². The Hall–Kier alpha value is -3.50. The number of nitrogens with one attached hydrogen (secondary N) is 1. The molecule has 0 saturated heterocycles. The Morgan fingerprint density at radius 2 is 1.78 bits per heavy atom. The third-order valence-electron chi connectivity index (χ3n) is 6.73. The first-order valence-corrected chi connectivity index (χ1v) is 12.0. The molecule has 1 aliphatic carbocycles. The Morgan fingerprint density at radius 1 is 1.11 bits per heavy atom. The molecule has 1 aromatic carbocycles. The van der Waals surface area contributed by atoms with Gasteiger partial charge < -0.3 is 21.9 Å². The van der Waals surface area contributed by atoms with Crippen LogP contribution in [0.5, 0.6) is 0 Å². The van der Waals surface area contributed by atoms with Crippen molar-refractivity contribution < 1.29 is 23.1 Å². The van der Waals surface area contributed by atoms with Crippen LogP contribution in [0.3, 0.4) is 0 Å². The van der Waals surface area contributed by atoms with Crippen LogP contribution in [0.4, 0.5) is 24.5 Å². The van der Waals surface area contributed by atoms with Gasteiger partial charge in [-0.05, 0) is 74.3 Å². The van der Waals surface area contributed by atoms with E-state index < -0.39 is 45.9 Å². The average molecular weight is 514 g/mol. The maximum atomic E-state index is 14.9. The summed E-state index contributed by atoms with van der Waals surface area (Å²) in [4.78, 5) is 21.2. The molecule has 0 unspecified atom stereocenters. The monoisotopic (exact) mass is 513 g/mol. The van der Waals surface area contributed by atoms with E-state index in [1.165, 1.54) is 20.0 Å². The lowest BCUT2D eigenvalue weighted by Crippen LogP contribution is -2.31. The average Bonchev–Trinajstić information content (AvgIpc) is 2.79. The van der Waals surface area contributed by atoms with Gasteiger partial charge in [0.05, 0.1) is 28.7 Å². The lowest BCUT2D eigenvalue weighted by atomic mass is 9.76. The Labute approximate surface area is 213 Å². The van der Waals surface area contributed by atoms with Crippen LogP contribution < -0.4 is 16.8 Å². The van der Waals surface area contributed by atoms with E-state index in [1.807, 2.05) is 6.07 Å². The summed E-state index contributed by atoms with van der Waals surface area (Å²) in [5.41, 5.74) is 9.63. The van der Waals surface area contributed by atoms with Gasteiger partial charge in [-0.15, -0.1) is 0 Å². The second-order valence-corrected chi connectivity index (χ2v) is 10.3. The summed E-state index contributed by atoms with van der Waals surface area (Å²) < 4.78 is 44.6. The van der Waals surface area contributed by atoms with Gasteiger partial charge in [-0.3, -0.25) is 9.78 Å². The molecule has 1 amide bonds. The molecule has 4 rings (SSSR count). The van der Waals surface area contributed by atoms with E-state index >= 15 is 0 Å². The van der Waals surface area contributed by atoms with Gasteiger partial charge in [-0.2, -0.15) is 0 Å². The third-order valence-corrected chi connectivity index (χ3v) is 6.73. The summed E-state index contributed by atoms with van der Waals surface area (Å²) >= 11 is 0. The Balaban J connectivity index is 1.70. The highest BCUT2D eigenvalue weighted by molar-refractivity contribution is 6.07. The largest absolute Gasteiger partial charge is 0.397 e. The van der Waals surface area contributed by atoms with Crippen LogP contribution >= 0.6 is 0 Å². The number of hydrogen-bond acceptors (Lipinski definition) is 6. The second-order valence-electron chi connectivity index (χ2n) is 10.3. The van der Waals surface area contributed by atoms with Crippen LogP contribution in [0.25, 0.3) is 11.3 Å². The van der Waals surface area contributed by atoms with Crippen molar-refractivity contribution >= 4 is 17.3 Å². The molecule has 196 valence electrons. The van der Waals surface area contributed by atoms with E-state index in [9.17, 15) is 23.1 Å². The zero-order valence-electron chi connectivity index (χ0n) is 20.9. The normalized spacial score (nSPS) is 20.1. The van der Waals surface area contributed by atoms with Crippen LogP contribution in [0.1, 0.15) is 67.6 Å². The SMILES string of the molecule is C[C@@H]1C[C@H](N)C[C@H](c2ccncc2NC(=O)c2nc(-c3c(F)cc(C(C)(C)O)cc3F)c(F)cc2N)C1. The number of pyridine rings is 2. The maximum absolute atomic E-state index is 14.9. The van der Waals surface area contributed by atoms with Gasteiger partial charge in [0, 0.05) is 18.3 Å². The predicted molar refractivity (Wildman–Crippen MR) is 135 cm³/mol. The molecule has 0 bridgehead atoms. The standard InChI is InChI=1S/C27H30F3N5O2/c1-13-6-14(8-16(31)7-13)17-4-5-33-12-22(17)34-26(36)25-21(32)11-20(30)24(35-25)23-18(28)9-15(10-19(23)29)27(2,3)37/h4-5,9-14,16,37H,6-8,31-32H2,1-3H3,(H,34,36)/t13-,14+,16-/m0/s1.